The van der Waals surface area contributed by atoms with E-state index in [0.717, 1.165) is 26.1 Å². The Balaban J connectivity index is 2.04. The Morgan fingerprint density at radius 3 is 2.68 bits per heavy atom. The zero-order valence-corrected chi connectivity index (χ0v) is 12.1. The molecule has 1 saturated heterocycles. The molecule has 3 nitrogen and oxygen atoms in total. The van der Waals surface area contributed by atoms with Crippen LogP contribution in [0.3, 0.4) is 0 Å². The second kappa shape index (κ2) is 7.04. The van der Waals surface area contributed by atoms with Crippen molar-refractivity contribution in [2.45, 2.75) is 38.4 Å². The minimum absolute atomic E-state index is 0.280. The number of nitrogens with zero attached hydrogens (tertiary/aromatic N) is 2. The Bertz CT molecular complexity index is 368. The van der Waals surface area contributed by atoms with Gasteiger partial charge in [-0.3, -0.25) is 4.90 Å². The fraction of sp³-hybridized carbons (Fsp3) is 0.625. The second-order valence-electron chi connectivity index (χ2n) is 5.70. The molecule has 0 spiro atoms. The molecule has 0 amide bonds. The van der Waals surface area contributed by atoms with Crippen molar-refractivity contribution in [2.24, 2.45) is 0 Å². The van der Waals surface area contributed by atoms with Gasteiger partial charge in [-0.25, -0.2) is 0 Å². The van der Waals surface area contributed by atoms with Gasteiger partial charge in [0.05, 0.1) is 0 Å². The first kappa shape index (κ1) is 14.5. The van der Waals surface area contributed by atoms with Crippen LogP contribution in [0.2, 0.25) is 0 Å². The van der Waals surface area contributed by atoms with Crippen molar-refractivity contribution in [3.05, 3.63) is 35.9 Å². The molecule has 1 aromatic rings. The first-order valence-corrected chi connectivity index (χ1v) is 7.29. The molecule has 1 heterocycles. The second-order valence-corrected chi connectivity index (χ2v) is 5.70. The Morgan fingerprint density at radius 1 is 1.26 bits per heavy atom. The summed E-state index contributed by atoms with van der Waals surface area (Å²) >= 11 is 0. The summed E-state index contributed by atoms with van der Waals surface area (Å²) in [6.45, 7) is 5.78. The summed E-state index contributed by atoms with van der Waals surface area (Å²) in [6.07, 6.45) is 2.07. The van der Waals surface area contributed by atoms with Crippen LogP contribution < -0.4 is 0 Å². The predicted molar refractivity (Wildman–Crippen MR) is 79.1 cm³/mol. The largest absolute Gasteiger partial charge is 0.396 e. The molecule has 3 heteroatoms. The van der Waals surface area contributed by atoms with Crippen molar-refractivity contribution in [3.8, 4) is 0 Å². The topological polar surface area (TPSA) is 26.7 Å². The molecule has 19 heavy (non-hydrogen) atoms. The summed E-state index contributed by atoms with van der Waals surface area (Å²) in [4.78, 5) is 4.96. The SMILES string of the molecule is CC1CCN(C)C(CCO)CN1Cc1ccccc1. The van der Waals surface area contributed by atoms with Crippen LogP contribution in [0.15, 0.2) is 30.3 Å². The number of aliphatic hydroxyl groups is 1. The molecule has 1 aliphatic rings. The maximum Gasteiger partial charge on any atom is 0.0446 e. The highest BCUT2D eigenvalue weighted by Crippen LogP contribution is 2.18. The molecule has 0 radical (unpaired) electrons. The Kier molecular flexibility index (Phi) is 5.37. The van der Waals surface area contributed by atoms with Crippen LogP contribution in [0.4, 0.5) is 0 Å². The van der Waals surface area contributed by atoms with Crippen molar-refractivity contribution < 1.29 is 5.11 Å². The van der Waals surface area contributed by atoms with Crippen molar-refractivity contribution in [2.75, 3.05) is 26.7 Å². The van der Waals surface area contributed by atoms with Gasteiger partial charge in [-0.2, -0.15) is 0 Å². The third-order valence-electron chi connectivity index (χ3n) is 4.28. The van der Waals surface area contributed by atoms with E-state index in [1.165, 1.54) is 12.0 Å². The smallest absolute Gasteiger partial charge is 0.0446 e. The zero-order valence-electron chi connectivity index (χ0n) is 12.1. The van der Waals surface area contributed by atoms with Gasteiger partial charge < -0.3 is 10.0 Å². The lowest BCUT2D eigenvalue weighted by Gasteiger charge is -2.30. The minimum Gasteiger partial charge on any atom is -0.396 e. The predicted octanol–water partition coefficient (Wildman–Crippen LogP) is 1.96. The summed E-state index contributed by atoms with van der Waals surface area (Å²) in [5.74, 6) is 0. The molecule has 2 atom stereocenters. The third-order valence-corrected chi connectivity index (χ3v) is 4.28. The summed E-state index contributed by atoms with van der Waals surface area (Å²) in [5, 5.41) is 9.22. The van der Waals surface area contributed by atoms with Gasteiger partial charge in [0.1, 0.15) is 0 Å². The normalized spacial score (nSPS) is 26.3. The van der Waals surface area contributed by atoms with Gasteiger partial charge in [-0.05, 0) is 38.9 Å². The molecule has 0 saturated carbocycles. The Morgan fingerprint density at radius 2 is 2.00 bits per heavy atom. The first-order valence-electron chi connectivity index (χ1n) is 7.29. The molecule has 0 aromatic heterocycles. The van der Waals surface area contributed by atoms with Gasteiger partial charge in [0.25, 0.3) is 0 Å². The van der Waals surface area contributed by atoms with Crippen molar-refractivity contribution >= 4 is 0 Å². The molecule has 1 N–H and O–H groups in total. The fourth-order valence-electron chi connectivity index (χ4n) is 2.84. The van der Waals surface area contributed by atoms with E-state index in [0.29, 0.717) is 12.1 Å². The summed E-state index contributed by atoms with van der Waals surface area (Å²) in [5.41, 5.74) is 1.38. The lowest BCUT2D eigenvalue weighted by Crippen LogP contribution is -2.40. The molecular formula is C16H26N2O. The lowest BCUT2D eigenvalue weighted by atomic mass is 10.1. The van der Waals surface area contributed by atoms with E-state index in [1.54, 1.807) is 0 Å². The molecule has 2 rings (SSSR count). The van der Waals surface area contributed by atoms with Crippen LogP contribution in [0, 0.1) is 0 Å². The highest BCUT2D eigenvalue weighted by Gasteiger charge is 2.26. The molecule has 1 aromatic carbocycles. The number of likely N-dealkylation sites (N-methyl/N-ethyl adjacent to an activating group) is 1. The van der Waals surface area contributed by atoms with Crippen LogP contribution in [0.25, 0.3) is 0 Å². The Labute approximate surface area is 116 Å². The maximum absolute atomic E-state index is 9.22. The molecule has 2 unspecified atom stereocenters. The van der Waals surface area contributed by atoms with Gasteiger partial charge in [-0.15, -0.1) is 0 Å². The van der Waals surface area contributed by atoms with E-state index in [1.807, 2.05) is 0 Å². The number of hydrogen-bond donors (Lipinski definition) is 1. The van der Waals surface area contributed by atoms with E-state index >= 15 is 0 Å². The molecule has 1 fully saturated rings. The highest BCUT2D eigenvalue weighted by atomic mass is 16.3. The van der Waals surface area contributed by atoms with Gasteiger partial charge in [0.15, 0.2) is 0 Å². The molecule has 106 valence electrons. The van der Waals surface area contributed by atoms with Crippen molar-refractivity contribution in [3.63, 3.8) is 0 Å². The molecule has 0 aliphatic carbocycles. The lowest BCUT2D eigenvalue weighted by molar-refractivity contribution is 0.148. The third kappa shape index (κ3) is 4.03. The summed E-state index contributed by atoms with van der Waals surface area (Å²) < 4.78 is 0. The van der Waals surface area contributed by atoms with Gasteiger partial charge in [0, 0.05) is 31.8 Å². The monoisotopic (exact) mass is 262 g/mol. The van der Waals surface area contributed by atoms with E-state index in [4.69, 9.17) is 0 Å². The minimum atomic E-state index is 0.280. The summed E-state index contributed by atoms with van der Waals surface area (Å²) in [6, 6.07) is 11.7. The van der Waals surface area contributed by atoms with Crippen LogP contribution in [-0.4, -0.2) is 53.7 Å². The van der Waals surface area contributed by atoms with Crippen molar-refractivity contribution in [1.29, 1.82) is 0 Å². The Hall–Kier alpha value is -0.900. The maximum atomic E-state index is 9.22. The van der Waals surface area contributed by atoms with Crippen LogP contribution in [0.1, 0.15) is 25.3 Å². The van der Waals surface area contributed by atoms with E-state index in [2.05, 4.69) is 54.1 Å². The van der Waals surface area contributed by atoms with Gasteiger partial charge >= 0.3 is 0 Å². The molecular weight excluding hydrogens is 236 g/mol. The quantitative estimate of drug-likeness (QED) is 0.898. The summed E-state index contributed by atoms with van der Waals surface area (Å²) in [7, 11) is 2.18. The van der Waals surface area contributed by atoms with Crippen LogP contribution in [0.5, 0.6) is 0 Å². The number of aliphatic hydroxyl groups excluding tert-OH is 1. The fourth-order valence-corrected chi connectivity index (χ4v) is 2.84. The number of rotatable bonds is 4. The first-order chi connectivity index (χ1) is 9.20. The van der Waals surface area contributed by atoms with Crippen LogP contribution in [-0.2, 0) is 6.54 Å². The standard InChI is InChI=1S/C16H26N2O/c1-14-8-10-17(2)16(9-11-19)13-18(14)12-15-6-4-3-5-7-15/h3-7,14,16,19H,8-13H2,1-2H3. The zero-order chi connectivity index (χ0) is 13.7. The van der Waals surface area contributed by atoms with Crippen molar-refractivity contribution in [1.82, 2.24) is 9.80 Å². The number of hydrogen-bond acceptors (Lipinski definition) is 3. The average Bonchev–Trinajstić information content (AvgIpc) is 2.55. The van der Waals surface area contributed by atoms with Gasteiger partial charge in [-0.1, -0.05) is 30.3 Å². The average molecular weight is 262 g/mol. The van der Waals surface area contributed by atoms with Crippen LogP contribution >= 0.6 is 0 Å². The van der Waals surface area contributed by atoms with E-state index in [9.17, 15) is 5.11 Å². The molecule has 0 bridgehead atoms. The highest BCUT2D eigenvalue weighted by molar-refractivity contribution is 5.14. The van der Waals surface area contributed by atoms with Gasteiger partial charge in [0.2, 0.25) is 0 Å². The number of benzene rings is 1. The molecule has 1 aliphatic heterocycles. The van der Waals surface area contributed by atoms with E-state index in [-0.39, 0.29) is 6.61 Å². The van der Waals surface area contributed by atoms with E-state index < -0.39 is 0 Å².